The fourth-order valence-corrected chi connectivity index (χ4v) is 6.04. The molecule has 0 aliphatic carbocycles. The minimum atomic E-state index is -1.48. The molecule has 9 nitrogen and oxygen atoms in total. The highest BCUT2D eigenvalue weighted by molar-refractivity contribution is 6.31. The first-order valence-corrected chi connectivity index (χ1v) is 14.6. The van der Waals surface area contributed by atoms with Crippen molar-refractivity contribution < 1.29 is 24.2 Å². The average Bonchev–Trinajstić information content (AvgIpc) is 3.24. The van der Waals surface area contributed by atoms with Crippen LogP contribution in [-0.2, 0) is 33.7 Å². The van der Waals surface area contributed by atoms with Gasteiger partial charge in [-0.25, -0.2) is 9.78 Å². The Labute approximate surface area is 245 Å². The summed E-state index contributed by atoms with van der Waals surface area (Å²) in [5, 5.41) is 12.0. The fourth-order valence-electron chi connectivity index (χ4n) is 5.72. The van der Waals surface area contributed by atoms with E-state index in [-0.39, 0.29) is 5.91 Å². The van der Waals surface area contributed by atoms with E-state index < -0.39 is 23.3 Å². The van der Waals surface area contributed by atoms with Crippen molar-refractivity contribution in [3.8, 4) is 11.1 Å². The van der Waals surface area contributed by atoms with Crippen LogP contribution < -0.4 is 0 Å². The highest BCUT2D eigenvalue weighted by Gasteiger charge is 2.37. The SMILES string of the molecule is CCc1c(Cl)[nH]c2ncc(-c3cc4c(c([C@@H]5COCCN5C(=O)OC(C)(C)C)c3)CN(C(=O)C(C)(C)O)CC4)cc12. The zero-order valence-electron chi connectivity index (χ0n) is 24.6. The molecule has 41 heavy (non-hydrogen) atoms. The van der Waals surface area contributed by atoms with Gasteiger partial charge in [0.15, 0.2) is 0 Å². The zero-order chi connectivity index (χ0) is 29.7. The van der Waals surface area contributed by atoms with Gasteiger partial charge in [-0.05, 0) is 87.4 Å². The lowest BCUT2D eigenvalue weighted by Gasteiger charge is -2.40. The molecule has 4 heterocycles. The van der Waals surface area contributed by atoms with Crippen LogP contribution in [0.25, 0.3) is 22.2 Å². The summed E-state index contributed by atoms with van der Waals surface area (Å²) in [6.45, 7) is 12.6. The van der Waals surface area contributed by atoms with E-state index in [1.807, 2.05) is 27.0 Å². The van der Waals surface area contributed by atoms with Gasteiger partial charge in [0.2, 0.25) is 0 Å². The first kappa shape index (κ1) is 29.4. The zero-order valence-corrected chi connectivity index (χ0v) is 25.4. The van der Waals surface area contributed by atoms with Gasteiger partial charge in [0, 0.05) is 36.8 Å². The molecular formula is C31H39ClN4O5. The van der Waals surface area contributed by atoms with Gasteiger partial charge < -0.3 is 24.5 Å². The summed E-state index contributed by atoms with van der Waals surface area (Å²) in [6.07, 6.45) is 2.82. The van der Waals surface area contributed by atoms with Gasteiger partial charge in [-0.2, -0.15) is 0 Å². The van der Waals surface area contributed by atoms with Crippen molar-refractivity contribution >= 4 is 34.6 Å². The van der Waals surface area contributed by atoms with Crippen LogP contribution in [0.3, 0.4) is 0 Å². The standard InChI is InChI=1S/C31H39ClN4O5/c1-7-21-23-14-20(15-33-27(23)34-26(21)32)19-12-18-8-9-35(28(37)31(5,6)39)16-24(18)22(13-19)25-17-40-11-10-36(25)29(38)41-30(2,3)4/h12-15,25,39H,7-11,16-17H2,1-6H3,(H,33,34)/t25-/m0/s1. The lowest BCUT2D eigenvalue weighted by atomic mass is 9.86. The maximum Gasteiger partial charge on any atom is 0.410 e. The lowest BCUT2D eigenvalue weighted by Crippen LogP contribution is -2.48. The smallest absolute Gasteiger partial charge is 0.410 e. The number of aryl methyl sites for hydroxylation is 1. The number of hydrogen-bond donors (Lipinski definition) is 2. The van der Waals surface area contributed by atoms with Gasteiger partial charge in [0.1, 0.15) is 22.0 Å². The predicted molar refractivity (Wildman–Crippen MR) is 158 cm³/mol. The number of hydrogen-bond acceptors (Lipinski definition) is 6. The van der Waals surface area contributed by atoms with Crippen LogP contribution in [0, 0.1) is 0 Å². The van der Waals surface area contributed by atoms with Gasteiger partial charge in [-0.15, -0.1) is 0 Å². The van der Waals surface area contributed by atoms with Crippen molar-refractivity contribution in [2.75, 3.05) is 26.3 Å². The number of halogens is 1. The Hall–Kier alpha value is -3.14. The molecule has 2 amide bonds. The van der Waals surface area contributed by atoms with Crippen molar-refractivity contribution in [2.24, 2.45) is 0 Å². The molecule has 1 aromatic carbocycles. The van der Waals surface area contributed by atoms with E-state index in [9.17, 15) is 14.7 Å². The van der Waals surface area contributed by atoms with E-state index in [4.69, 9.17) is 21.1 Å². The third-order valence-corrected chi connectivity index (χ3v) is 8.02. The molecule has 2 aliphatic rings. The second-order valence-corrected chi connectivity index (χ2v) is 12.8. The number of ether oxygens (including phenoxy) is 2. The summed E-state index contributed by atoms with van der Waals surface area (Å²) in [7, 11) is 0. The molecule has 2 aromatic heterocycles. The maximum absolute atomic E-state index is 13.4. The number of aliphatic hydroxyl groups is 1. The Morgan fingerprint density at radius 1 is 1.17 bits per heavy atom. The summed E-state index contributed by atoms with van der Waals surface area (Å²) in [4.78, 5) is 37.7. The number of fused-ring (bicyclic) bond motifs is 2. The molecule has 0 saturated carbocycles. The Balaban J connectivity index is 1.63. The molecule has 220 valence electrons. The molecule has 0 spiro atoms. The number of carbonyl (C=O) groups excluding carboxylic acids is 2. The van der Waals surface area contributed by atoms with Crippen molar-refractivity contribution in [3.63, 3.8) is 0 Å². The largest absolute Gasteiger partial charge is 0.444 e. The summed E-state index contributed by atoms with van der Waals surface area (Å²) in [6, 6.07) is 5.92. The molecule has 2 aliphatic heterocycles. The summed E-state index contributed by atoms with van der Waals surface area (Å²) in [5.74, 6) is -0.326. The van der Waals surface area contributed by atoms with Gasteiger partial charge >= 0.3 is 6.09 Å². The number of nitrogens with one attached hydrogen (secondary N) is 1. The van der Waals surface area contributed by atoms with E-state index in [1.54, 1.807) is 9.80 Å². The quantitative estimate of drug-likeness (QED) is 0.426. The number of benzene rings is 1. The van der Waals surface area contributed by atoms with Crippen LogP contribution in [0.4, 0.5) is 4.79 Å². The van der Waals surface area contributed by atoms with Crippen molar-refractivity contribution in [1.82, 2.24) is 19.8 Å². The molecule has 1 fully saturated rings. The van der Waals surface area contributed by atoms with Gasteiger partial charge in [-0.1, -0.05) is 24.6 Å². The third-order valence-electron chi connectivity index (χ3n) is 7.70. The van der Waals surface area contributed by atoms with Gasteiger partial charge in [0.05, 0.1) is 19.3 Å². The van der Waals surface area contributed by atoms with Crippen molar-refractivity contribution in [3.05, 3.63) is 51.8 Å². The predicted octanol–water partition coefficient (Wildman–Crippen LogP) is 5.41. The maximum atomic E-state index is 13.4. The van der Waals surface area contributed by atoms with Crippen LogP contribution in [0.2, 0.25) is 5.15 Å². The van der Waals surface area contributed by atoms with E-state index >= 15 is 0 Å². The number of rotatable bonds is 4. The first-order valence-electron chi connectivity index (χ1n) is 14.2. The normalized spacial score (nSPS) is 18.0. The Morgan fingerprint density at radius 3 is 2.61 bits per heavy atom. The number of nitrogens with zero attached hydrogens (tertiary/aromatic N) is 3. The topological polar surface area (TPSA) is 108 Å². The number of morpholine rings is 1. The van der Waals surface area contributed by atoms with E-state index in [0.717, 1.165) is 50.8 Å². The number of aromatic nitrogens is 2. The molecule has 0 unspecified atom stereocenters. The molecule has 0 bridgehead atoms. The fraction of sp³-hybridized carbons (Fsp3) is 0.516. The van der Waals surface area contributed by atoms with Crippen LogP contribution in [0.1, 0.15) is 69.8 Å². The summed E-state index contributed by atoms with van der Waals surface area (Å²) >= 11 is 6.44. The van der Waals surface area contributed by atoms with Crippen LogP contribution >= 0.6 is 11.6 Å². The van der Waals surface area contributed by atoms with Gasteiger partial charge in [-0.3, -0.25) is 9.69 Å². The Bertz CT molecular complexity index is 1490. The molecule has 2 N–H and O–H groups in total. The van der Waals surface area contributed by atoms with Crippen molar-refractivity contribution in [1.29, 1.82) is 0 Å². The number of carbonyl (C=O) groups is 2. The second kappa shape index (κ2) is 10.9. The monoisotopic (exact) mass is 582 g/mol. The molecule has 3 aromatic rings. The van der Waals surface area contributed by atoms with Crippen LogP contribution in [-0.4, -0.2) is 74.4 Å². The molecule has 1 atom stereocenters. The average molecular weight is 583 g/mol. The lowest BCUT2D eigenvalue weighted by molar-refractivity contribution is -0.148. The second-order valence-electron chi connectivity index (χ2n) is 12.4. The highest BCUT2D eigenvalue weighted by atomic mass is 35.5. The van der Waals surface area contributed by atoms with Crippen LogP contribution in [0.5, 0.6) is 0 Å². The molecule has 10 heteroatoms. The van der Waals surface area contributed by atoms with Crippen molar-refractivity contribution in [2.45, 2.75) is 78.2 Å². The number of amides is 2. The van der Waals surface area contributed by atoms with E-state index in [0.29, 0.717) is 44.4 Å². The summed E-state index contributed by atoms with van der Waals surface area (Å²) < 4.78 is 11.7. The molecule has 0 radical (unpaired) electrons. The Morgan fingerprint density at radius 2 is 1.93 bits per heavy atom. The first-order chi connectivity index (χ1) is 19.3. The number of pyridine rings is 1. The molecule has 1 saturated heterocycles. The minimum Gasteiger partial charge on any atom is -0.444 e. The number of aromatic amines is 1. The van der Waals surface area contributed by atoms with E-state index in [2.05, 4.69) is 35.1 Å². The Kier molecular flexibility index (Phi) is 7.82. The van der Waals surface area contributed by atoms with Crippen LogP contribution in [0.15, 0.2) is 24.4 Å². The molecule has 5 rings (SSSR count). The molecular weight excluding hydrogens is 544 g/mol. The highest BCUT2D eigenvalue weighted by Crippen LogP contribution is 2.38. The third kappa shape index (κ3) is 5.94. The number of H-pyrrole nitrogens is 1. The van der Waals surface area contributed by atoms with Gasteiger partial charge in [0.25, 0.3) is 5.91 Å². The minimum absolute atomic E-state index is 0.305. The van der Waals surface area contributed by atoms with E-state index in [1.165, 1.54) is 13.8 Å². The summed E-state index contributed by atoms with van der Waals surface area (Å²) in [5.41, 5.74) is 4.49.